The maximum Gasteiger partial charge on any atom is 0.416 e. The highest BCUT2D eigenvalue weighted by Crippen LogP contribution is 2.30. The number of hydrogen-bond donors (Lipinski definition) is 1. The third kappa shape index (κ3) is 3.65. The molecule has 7 nitrogen and oxygen atoms in total. The lowest BCUT2D eigenvalue weighted by Gasteiger charge is -2.27. The average Bonchev–Trinajstić information content (AvgIpc) is 3.11. The van der Waals surface area contributed by atoms with Crippen LogP contribution in [-0.4, -0.2) is 50.9 Å². The van der Waals surface area contributed by atoms with Gasteiger partial charge in [-0.05, 0) is 17.7 Å². The molecule has 10 heteroatoms. The first-order chi connectivity index (χ1) is 13.4. The van der Waals surface area contributed by atoms with E-state index in [0.29, 0.717) is 48.8 Å². The molecule has 0 saturated carbocycles. The molecule has 1 N–H and O–H groups in total. The molecule has 1 aliphatic rings. The van der Waals surface area contributed by atoms with E-state index in [1.807, 2.05) is 0 Å². The largest absolute Gasteiger partial charge is 0.416 e. The van der Waals surface area contributed by atoms with Crippen LogP contribution in [-0.2, 0) is 17.5 Å². The van der Waals surface area contributed by atoms with Gasteiger partial charge in [-0.15, -0.1) is 0 Å². The summed E-state index contributed by atoms with van der Waals surface area (Å²) >= 11 is 0. The molecule has 28 heavy (non-hydrogen) atoms. The zero-order valence-corrected chi connectivity index (χ0v) is 14.8. The molecule has 0 aliphatic carbocycles. The van der Waals surface area contributed by atoms with E-state index in [9.17, 15) is 18.3 Å². The van der Waals surface area contributed by atoms with Gasteiger partial charge in [-0.1, -0.05) is 12.1 Å². The molecule has 0 radical (unpaired) electrons. The maximum absolute atomic E-state index is 12.7. The van der Waals surface area contributed by atoms with E-state index in [1.54, 1.807) is 10.9 Å². The Kier molecular flexibility index (Phi) is 4.90. The summed E-state index contributed by atoms with van der Waals surface area (Å²) in [6.07, 6.45) is -2.41. The van der Waals surface area contributed by atoms with Crippen LogP contribution in [0.1, 0.15) is 17.2 Å². The third-order valence-corrected chi connectivity index (χ3v) is 4.68. The Labute approximate surface area is 158 Å². The van der Waals surface area contributed by atoms with Gasteiger partial charge in [0.1, 0.15) is 6.33 Å². The van der Waals surface area contributed by atoms with Gasteiger partial charge in [-0.25, -0.2) is 15.0 Å². The Balaban J connectivity index is 1.56. The fourth-order valence-corrected chi connectivity index (χ4v) is 3.19. The minimum atomic E-state index is -4.41. The van der Waals surface area contributed by atoms with Gasteiger partial charge in [-0.3, -0.25) is 0 Å². The van der Waals surface area contributed by atoms with Crippen molar-refractivity contribution in [1.29, 1.82) is 0 Å². The minimum Gasteiger partial charge on any atom is -0.387 e. The molecule has 1 aliphatic heterocycles. The van der Waals surface area contributed by atoms with Crippen molar-refractivity contribution in [2.24, 2.45) is 0 Å². The second kappa shape index (κ2) is 7.36. The van der Waals surface area contributed by atoms with Crippen LogP contribution in [0.5, 0.6) is 0 Å². The first-order valence-electron chi connectivity index (χ1n) is 8.77. The van der Waals surface area contributed by atoms with Gasteiger partial charge >= 0.3 is 6.18 Å². The topological polar surface area (TPSA) is 76.3 Å². The number of anilines is 1. The summed E-state index contributed by atoms with van der Waals surface area (Å²) in [6.45, 7) is 2.74. The molecule has 4 rings (SSSR count). The Morgan fingerprint density at radius 1 is 1.07 bits per heavy atom. The van der Waals surface area contributed by atoms with Crippen LogP contribution in [0.4, 0.5) is 19.0 Å². The number of nitrogens with zero attached hydrogens (tertiary/aromatic N) is 5. The molecule has 148 valence electrons. The van der Waals surface area contributed by atoms with Crippen molar-refractivity contribution in [2.45, 2.75) is 18.8 Å². The van der Waals surface area contributed by atoms with Crippen LogP contribution >= 0.6 is 0 Å². The fraction of sp³-hybridized carbons (Fsp3) is 0.389. The molecule has 2 aromatic heterocycles. The van der Waals surface area contributed by atoms with Gasteiger partial charge in [-0.2, -0.15) is 13.2 Å². The predicted molar refractivity (Wildman–Crippen MR) is 94.8 cm³/mol. The van der Waals surface area contributed by atoms with Gasteiger partial charge < -0.3 is 19.3 Å². The molecule has 1 aromatic carbocycles. The Morgan fingerprint density at radius 2 is 1.79 bits per heavy atom. The summed E-state index contributed by atoms with van der Waals surface area (Å²) in [5, 5.41) is 10.5. The molecule has 0 amide bonds. The number of aromatic nitrogens is 4. The quantitative estimate of drug-likeness (QED) is 0.734. The number of fused-ring (bicyclic) bond motifs is 1. The highest BCUT2D eigenvalue weighted by atomic mass is 19.4. The minimum absolute atomic E-state index is 0.113. The second-order valence-corrected chi connectivity index (χ2v) is 6.50. The number of hydrogen-bond acceptors (Lipinski definition) is 6. The Hall–Kier alpha value is -2.72. The van der Waals surface area contributed by atoms with Gasteiger partial charge in [0.25, 0.3) is 0 Å². The zero-order valence-electron chi connectivity index (χ0n) is 14.8. The van der Waals surface area contributed by atoms with Gasteiger partial charge in [0.15, 0.2) is 17.0 Å². The smallest absolute Gasteiger partial charge is 0.387 e. The number of ether oxygens (including phenoxy) is 1. The molecular weight excluding hydrogens is 375 g/mol. The predicted octanol–water partition coefficient (Wildman–Crippen LogP) is 2.42. The van der Waals surface area contributed by atoms with Gasteiger partial charge in [0, 0.05) is 13.1 Å². The highest BCUT2D eigenvalue weighted by Gasteiger charge is 2.30. The number of rotatable bonds is 4. The third-order valence-electron chi connectivity index (χ3n) is 4.68. The normalized spacial score (nSPS) is 16.5. The van der Waals surface area contributed by atoms with E-state index in [4.69, 9.17) is 4.74 Å². The monoisotopic (exact) mass is 393 g/mol. The molecule has 1 fully saturated rings. The first kappa shape index (κ1) is 18.6. The standard InChI is InChI=1S/C18H18F3N5O2/c19-18(20,21)13-3-1-12(2-4-13)14(27)9-26-11-24-15-16(22-10-23-17(15)26)25-5-7-28-8-6-25/h1-4,10-11,14,27H,5-9H2. The molecule has 3 aromatic rings. The van der Waals surface area contributed by atoms with Crippen molar-refractivity contribution in [2.75, 3.05) is 31.2 Å². The van der Waals surface area contributed by atoms with Gasteiger partial charge in [0.2, 0.25) is 0 Å². The summed E-state index contributed by atoms with van der Waals surface area (Å²) in [6, 6.07) is 4.48. The van der Waals surface area contributed by atoms with Crippen molar-refractivity contribution in [3.05, 3.63) is 48.0 Å². The Morgan fingerprint density at radius 3 is 2.46 bits per heavy atom. The molecule has 0 spiro atoms. The van der Waals surface area contributed by atoms with E-state index in [0.717, 1.165) is 12.1 Å². The van der Waals surface area contributed by atoms with E-state index < -0.39 is 17.8 Å². The van der Waals surface area contributed by atoms with Crippen molar-refractivity contribution in [3.8, 4) is 0 Å². The Bertz CT molecular complexity index is 952. The zero-order chi connectivity index (χ0) is 19.7. The van der Waals surface area contributed by atoms with Crippen molar-refractivity contribution in [1.82, 2.24) is 19.5 Å². The summed E-state index contributed by atoms with van der Waals surface area (Å²) in [5.74, 6) is 0.705. The van der Waals surface area contributed by atoms with E-state index >= 15 is 0 Å². The number of aliphatic hydroxyl groups excluding tert-OH is 1. The molecule has 3 heterocycles. The maximum atomic E-state index is 12.7. The second-order valence-electron chi connectivity index (χ2n) is 6.50. The van der Waals surface area contributed by atoms with Crippen molar-refractivity contribution < 1.29 is 23.0 Å². The highest BCUT2D eigenvalue weighted by molar-refractivity contribution is 5.83. The van der Waals surface area contributed by atoms with Crippen molar-refractivity contribution in [3.63, 3.8) is 0 Å². The van der Waals surface area contributed by atoms with Crippen LogP contribution in [0.3, 0.4) is 0 Å². The lowest BCUT2D eigenvalue weighted by Crippen LogP contribution is -2.37. The van der Waals surface area contributed by atoms with Crippen molar-refractivity contribution >= 4 is 17.0 Å². The van der Waals surface area contributed by atoms with E-state index in [-0.39, 0.29) is 6.54 Å². The lowest BCUT2D eigenvalue weighted by molar-refractivity contribution is -0.137. The van der Waals surface area contributed by atoms with Crippen LogP contribution in [0.25, 0.3) is 11.2 Å². The van der Waals surface area contributed by atoms with Crippen LogP contribution in [0.2, 0.25) is 0 Å². The molecule has 1 saturated heterocycles. The molecular formula is C18H18F3N5O2. The van der Waals surface area contributed by atoms with Crippen LogP contribution in [0, 0.1) is 0 Å². The number of benzene rings is 1. The molecule has 1 atom stereocenters. The average molecular weight is 393 g/mol. The summed E-state index contributed by atoms with van der Waals surface area (Å²) in [4.78, 5) is 15.0. The summed E-state index contributed by atoms with van der Waals surface area (Å²) in [7, 11) is 0. The number of halogens is 3. The molecule has 1 unspecified atom stereocenters. The lowest BCUT2D eigenvalue weighted by atomic mass is 10.1. The summed E-state index contributed by atoms with van der Waals surface area (Å²) < 4.78 is 45.1. The summed E-state index contributed by atoms with van der Waals surface area (Å²) in [5.41, 5.74) is 0.809. The number of imidazole rings is 1. The van der Waals surface area contributed by atoms with Crippen LogP contribution in [0.15, 0.2) is 36.9 Å². The van der Waals surface area contributed by atoms with E-state index in [2.05, 4.69) is 19.9 Å². The fourth-order valence-electron chi connectivity index (χ4n) is 3.19. The van der Waals surface area contributed by atoms with Crippen LogP contribution < -0.4 is 4.90 Å². The number of aliphatic hydroxyl groups is 1. The number of morpholine rings is 1. The number of alkyl halides is 3. The molecule has 0 bridgehead atoms. The van der Waals surface area contributed by atoms with Gasteiger partial charge in [0.05, 0.1) is 37.8 Å². The van der Waals surface area contributed by atoms with E-state index in [1.165, 1.54) is 18.5 Å². The first-order valence-corrected chi connectivity index (χ1v) is 8.77. The SMILES string of the molecule is OC(Cn1cnc2c(N3CCOCC3)ncnc21)c1ccc(C(F)(F)F)cc1.